The molecular weight excluding hydrogens is 282 g/mol. The van der Waals surface area contributed by atoms with Gasteiger partial charge in [-0.2, -0.15) is 4.99 Å². The zero-order valence-corrected chi connectivity index (χ0v) is 14.2. The molecule has 124 valence electrons. The molecule has 2 heteroatoms. The normalized spacial score (nSPS) is 61.7. The topological polar surface area (TPSA) is 29.4 Å². The van der Waals surface area contributed by atoms with Gasteiger partial charge in [0.15, 0.2) is 0 Å². The number of carbonyl (C=O) groups excluding carboxylic acids is 1. The predicted octanol–water partition coefficient (Wildman–Crippen LogP) is 4.73. The summed E-state index contributed by atoms with van der Waals surface area (Å²) in [6.07, 6.45) is 17.8. The van der Waals surface area contributed by atoms with Crippen molar-refractivity contribution in [3.63, 3.8) is 0 Å². The van der Waals surface area contributed by atoms with E-state index in [9.17, 15) is 4.79 Å². The summed E-state index contributed by atoms with van der Waals surface area (Å²) in [5.41, 5.74) is 0.579. The van der Waals surface area contributed by atoms with E-state index in [2.05, 4.69) is 11.1 Å². The second-order valence-corrected chi connectivity index (χ2v) is 10.7. The Kier molecular flexibility index (Phi) is 2.56. The molecule has 8 aliphatic carbocycles. The summed E-state index contributed by atoms with van der Waals surface area (Å²) in [6, 6.07) is 0. The van der Waals surface area contributed by atoms with Gasteiger partial charge in [0.1, 0.15) is 0 Å². The van der Waals surface area contributed by atoms with E-state index in [4.69, 9.17) is 0 Å². The van der Waals surface area contributed by atoms with Crippen LogP contribution in [-0.4, -0.2) is 11.6 Å². The van der Waals surface area contributed by atoms with Gasteiger partial charge in [-0.25, -0.2) is 4.79 Å². The third kappa shape index (κ3) is 1.72. The largest absolute Gasteiger partial charge is 0.235 e. The van der Waals surface area contributed by atoms with Crippen molar-refractivity contribution in [2.75, 3.05) is 0 Å². The quantitative estimate of drug-likeness (QED) is 0.535. The van der Waals surface area contributed by atoms with Crippen LogP contribution in [0.15, 0.2) is 4.99 Å². The Hall–Kier alpha value is -0.620. The Morgan fingerprint density at radius 1 is 0.696 bits per heavy atom. The minimum atomic E-state index is 0.0160. The van der Waals surface area contributed by atoms with Crippen molar-refractivity contribution in [1.82, 2.24) is 0 Å². The van der Waals surface area contributed by atoms with Gasteiger partial charge in [-0.05, 0) is 117 Å². The monoisotopic (exact) mass is 311 g/mol. The van der Waals surface area contributed by atoms with E-state index in [1.807, 2.05) is 0 Å². The van der Waals surface area contributed by atoms with Crippen LogP contribution < -0.4 is 0 Å². The summed E-state index contributed by atoms with van der Waals surface area (Å²) < 4.78 is 0. The molecule has 0 spiro atoms. The highest BCUT2D eigenvalue weighted by Crippen LogP contribution is 2.71. The molecule has 3 atom stereocenters. The molecule has 0 heterocycles. The lowest BCUT2D eigenvalue weighted by Gasteiger charge is -2.69. The maximum atomic E-state index is 11.4. The molecule has 2 nitrogen and oxygen atoms in total. The predicted molar refractivity (Wildman–Crippen MR) is 88.5 cm³/mol. The van der Waals surface area contributed by atoms with Gasteiger partial charge in [0.25, 0.3) is 0 Å². The standard InChI is InChI=1S/C21H29NO/c23-12-22-21-10-16-4-17(11-21)6-18(5-16)19(21)20-7-13-1-14(8-20)3-15(2-13)9-20/h13-19H,1-11H2. The van der Waals surface area contributed by atoms with Gasteiger partial charge in [-0.15, -0.1) is 0 Å². The van der Waals surface area contributed by atoms with Crippen LogP contribution in [0.25, 0.3) is 0 Å². The van der Waals surface area contributed by atoms with E-state index in [1.54, 1.807) is 0 Å². The number of hydrogen-bond donors (Lipinski definition) is 0. The lowest BCUT2D eigenvalue weighted by molar-refractivity contribution is -0.174. The van der Waals surface area contributed by atoms with Crippen LogP contribution in [0.5, 0.6) is 0 Å². The van der Waals surface area contributed by atoms with Crippen LogP contribution in [0.1, 0.15) is 70.6 Å². The third-order valence-corrected chi connectivity index (χ3v) is 9.29. The van der Waals surface area contributed by atoms with Crippen LogP contribution in [-0.2, 0) is 4.79 Å². The Morgan fingerprint density at radius 2 is 1.17 bits per heavy atom. The summed E-state index contributed by atoms with van der Waals surface area (Å²) in [4.78, 5) is 16.0. The molecule has 0 aromatic carbocycles. The maximum Gasteiger partial charge on any atom is 0.235 e. The number of isocyanates is 1. The second kappa shape index (κ2) is 4.31. The van der Waals surface area contributed by atoms with E-state index in [-0.39, 0.29) is 5.54 Å². The van der Waals surface area contributed by atoms with E-state index in [0.29, 0.717) is 5.41 Å². The fourth-order valence-electron chi connectivity index (χ4n) is 9.88. The highest BCUT2D eigenvalue weighted by Gasteiger charge is 2.66. The van der Waals surface area contributed by atoms with E-state index in [0.717, 1.165) is 41.4 Å². The summed E-state index contributed by atoms with van der Waals surface area (Å²) in [6.45, 7) is 0. The summed E-state index contributed by atoms with van der Waals surface area (Å²) >= 11 is 0. The Balaban J connectivity index is 1.46. The molecule has 0 aromatic rings. The summed E-state index contributed by atoms with van der Waals surface area (Å²) in [7, 11) is 0. The SMILES string of the molecule is O=C=NC12CC3CC(CC(C3)C1C13CC4CC(CC(C4)C1)C3)C2. The first-order chi connectivity index (χ1) is 11.2. The van der Waals surface area contributed by atoms with Gasteiger partial charge in [-0.3, -0.25) is 0 Å². The maximum absolute atomic E-state index is 11.4. The van der Waals surface area contributed by atoms with E-state index in [1.165, 1.54) is 70.6 Å². The highest BCUT2D eigenvalue weighted by atomic mass is 16.1. The molecule has 8 fully saturated rings. The van der Waals surface area contributed by atoms with Crippen LogP contribution in [0.3, 0.4) is 0 Å². The zero-order chi connectivity index (χ0) is 15.2. The average molecular weight is 311 g/mol. The van der Waals surface area contributed by atoms with Crippen LogP contribution in [0, 0.1) is 46.8 Å². The molecule has 0 amide bonds. The number of rotatable bonds is 2. The average Bonchev–Trinajstić information content (AvgIpc) is 2.43. The number of nitrogens with zero attached hydrogens (tertiary/aromatic N) is 1. The van der Waals surface area contributed by atoms with Crippen molar-refractivity contribution in [1.29, 1.82) is 0 Å². The third-order valence-electron chi connectivity index (χ3n) is 9.29. The van der Waals surface area contributed by atoms with Crippen molar-refractivity contribution in [3.8, 4) is 0 Å². The van der Waals surface area contributed by atoms with Gasteiger partial charge in [0.2, 0.25) is 6.08 Å². The lowest BCUT2D eigenvalue weighted by atomic mass is 9.37. The smallest absolute Gasteiger partial charge is 0.211 e. The number of hydrogen-bond acceptors (Lipinski definition) is 2. The minimum absolute atomic E-state index is 0.0160. The van der Waals surface area contributed by atoms with Crippen LogP contribution in [0.2, 0.25) is 0 Å². The second-order valence-electron chi connectivity index (χ2n) is 10.7. The molecule has 0 saturated heterocycles. The first-order valence-electron chi connectivity index (χ1n) is 10.3. The molecule has 0 radical (unpaired) electrons. The Morgan fingerprint density at radius 3 is 1.65 bits per heavy atom. The molecule has 8 rings (SSSR count). The van der Waals surface area contributed by atoms with Crippen molar-refractivity contribution in [2.24, 2.45) is 51.8 Å². The van der Waals surface area contributed by atoms with Crippen molar-refractivity contribution >= 4 is 6.08 Å². The molecule has 0 N–H and O–H groups in total. The van der Waals surface area contributed by atoms with Crippen LogP contribution >= 0.6 is 0 Å². The molecule has 0 aliphatic heterocycles. The lowest BCUT2D eigenvalue weighted by Crippen LogP contribution is -2.64. The molecule has 8 aliphatic rings. The molecule has 23 heavy (non-hydrogen) atoms. The first-order valence-corrected chi connectivity index (χ1v) is 10.3. The zero-order valence-electron chi connectivity index (χ0n) is 14.2. The van der Waals surface area contributed by atoms with E-state index >= 15 is 0 Å². The summed E-state index contributed by atoms with van der Waals surface area (Å²) in [5, 5.41) is 0. The first kappa shape index (κ1) is 13.6. The van der Waals surface area contributed by atoms with Gasteiger partial charge in [-0.1, -0.05) is 0 Å². The fraction of sp³-hybridized carbons (Fsp3) is 0.952. The Bertz CT molecular complexity index is 539. The van der Waals surface area contributed by atoms with Crippen molar-refractivity contribution < 1.29 is 4.79 Å². The van der Waals surface area contributed by atoms with Gasteiger partial charge in [0.05, 0.1) is 5.54 Å². The molecule has 8 bridgehead atoms. The Labute approximate surface area is 139 Å². The highest BCUT2D eigenvalue weighted by molar-refractivity contribution is 5.37. The van der Waals surface area contributed by atoms with E-state index < -0.39 is 0 Å². The van der Waals surface area contributed by atoms with Gasteiger partial charge < -0.3 is 0 Å². The van der Waals surface area contributed by atoms with Crippen molar-refractivity contribution in [2.45, 2.75) is 76.2 Å². The molecule has 0 aromatic heterocycles. The van der Waals surface area contributed by atoms with Crippen molar-refractivity contribution in [3.05, 3.63) is 0 Å². The molecule has 3 unspecified atom stereocenters. The van der Waals surface area contributed by atoms with Crippen LogP contribution in [0.4, 0.5) is 0 Å². The minimum Gasteiger partial charge on any atom is -0.211 e. The van der Waals surface area contributed by atoms with Gasteiger partial charge in [0, 0.05) is 0 Å². The fourth-order valence-corrected chi connectivity index (χ4v) is 9.88. The number of aliphatic imine (C=N–C) groups is 1. The van der Waals surface area contributed by atoms with Gasteiger partial charge >= 0.3 is 0 Å². The molecular formula is C21H29NO. The molecule has 8 saturated carbocycles. The summed E-state index contributed by atoms with van der Waals surface area (Å²) in [5.74, 6) is 6.39.